The number of hydrogen-bond acceptors (Lipinski definition) is 3. The van der Waals surface area contributed by atoms with Crippen LogP contribution >= 0.6 is 0 Å². The molecule has 1 rings (SSSR count). The molecule has 0 heterocycles. The number of aryl methyl sites for hydroxylation is 1. The van der Waals surface area contributed by atoms with Gasteiger partial charge in [-0.15, -0.1) is 0 Å². The summed E-state index contributed by atoms with van der Waals surface area (Å²) in [5, 5.41) is 14.6. The molecule has 1 unspecified atom stereocenters. The van der Waals surface area contributed by atoms with E-state index in [4.69, 9.17) is 5.26 Å². The van der Waals surface area contributed by atoms with Crippen LogP contribution in [0.2, 0.25) is 0 Å². The lowest BCUT2D eigenvalue weighted by Gasteiger charge is -2.14. The fourth-order valence-electron chi connectivity index (χ4n) is 1.75. The first-order valence-electron chi connectivity index (χ1n) is 6.85. The first kappa shape index (κ1) is 15.8. The smallest absolute Gasteiger partial charge is 0.263 e. The van der Waals surface area contributed by atoms with E-state index in [-0.39, 0.29) is 17.5 Å². The van der Waals surface area contributed by atoms with Gasteiger partial charge in [0.05, 0.1) is 6.04 Å². The summed E-state index contributed by atoms with van der Waals surface area (Å²) >= 11 is 0. The van der Waals surface area contributed by atoms with Crippen LogP contribution in [0.4, 0.5) is 0 Å². The van der Waals surface area contributed by atoms with Gasteiger partial charge in [-0.3, -0.25) is 4.79 Å². The van der Waals surface area contributed by atoms with Crippen molar-refractivity contribution in [1.82, 2.24) is 10.6 Å². The largest absolute Gasteiger partial charge is 0.390 e. The molecule has 4 heteroatoms. The van der Waals surface area contributed by atoms with Crippen LogP contribution in [0.15, 0.2) is 36.0 Å². The van der Waals surface area contributed by atoms with Crippen LogP contribution in [-0.2, 0) is 11.2 Å². The van der Waals surface area contributed by atoms with E-state index in [1.807, 2.05) is 32.0 Å². The molecule has 1 aromatic rings. The number of benzene rings is 1. The molecular formula is C16H21N3O. The molecule has 4 nitrogen and oxygen atoms in total. The zero-order chi connectivity index (χ0) is 15.0. The molecule has 0 bridgehead atoms. The molecule has 2 N–H and O–H groups in total. The molecule has 106 valence electrons. The van der Waals surface area contributed by atoms with Crippen LogP contribution in [0.1, 0.15) is 37.9 Å². The van der Waals surface area contributed by atoms with E-state index in [2.05, 4.69) is 29.7 Å². The molecule has 0 aliphatic heterocycles. The minimum atomic E-state index is -0.361. The molecule has 0 radical (unpaired) electrons. The average molecular weight is 271 g/mol. The maximum atomic E-state index is 11.9. The van der Waals surface area contributed by atoms with Gasteiger partial charge in [-0.2, -0.15) is 5.26 Å². The zero-order valence-electron chi connectivity index (χ0n) is 12.2. The summed E-state index contributed by atoms with van der Waals surface area (Å²) in [5.74, 6) is -0.361. The lowest BCUT2D eigenvalue weighted by atomic mass is 10.0. The van der Waals surface area contributed by atoms with Gasteiger partial charge in [0, 0.05) is 12.7 Å². The number of rotatable bonds is 6. The van der Waals surface area contributed by atoms with Gasteiger partial charge in [0.1, 0.15) is 11.6 Å². The molecule has 0 saturated heterocycles. The Morgan fingerprint density at radius 2 is 2.00 bits per heavy atom. The quantitative estimate of drug-likeness (QED) is 0.617. The van der Waals surface area contributed by atoms with Crippen molar-refractivity contribution in [2.24, 2.45) is 0 Å². The van der Waals surface area contributed by atoms with Crippen LogP contribution < -0.4 is 10.6 Å². The second-order valence-corrected chi connectivity index (χ2v) is 4.52. The lowest BCUT2D eigenvalue weighted by molar-refractivity contribution is -0.117. The third-order valence-corrected chi connectivity index (χ3v) is 3.05. The predicted octanol–water partition coefficient (Wildman–Crippen LogP) is 2.44. The van der Waals surface area contributed by atoms with Gasteiger partial charge in [-0.1, -0.05) is 31.2 Å². The van der Waals surface area contributed by atoms with Crippen molar-refractivity contribution in [3.63, 3.8) is 0 Å². The minimum Gasteiger partial charge on any atom is -0.390 e. The van der Waals surface area contributed by atoms with Crippen LogP contribution in [0.3, 0.4) is 0 Å². The Balaban J connectivity index is 2.71. The number of nitriles is 1. The summed E-state index contributed by atoms with van der Waals surface area (Å²) < 4.78 is 0. The van der Waals surface area contributed by atoms with Crippen molar-refractivity contribution in [3.8, 4) is 6.07 Å². The number of carbonyl (C=O) groups excluding carboxylic acids is 1. The van der Waals surface area contributed by atoms with Crippen LogP contribution in [-0.4, -0.2) is 12.5 Å². The number of amides is 1. The molecular weight excluding hydrogens is 250 g/mol. The van der Waals surface area contributed by atoms with Crippen molar-refractivity contribution in [2.45, 2.75) is 33.2 Å². The maximum Gasteiger partial charge on any atom is 0.263 e. The Bertz CT molecular complexity index is 512. The summed E-state index contributed by atoms with van der Waals surface area (Å²) in [5.41, 5.74) is 2.37. The normalized spacial score (nSPS) is 12.4. The monoisotopic (exact) mass is 271 g/mol. The van der Waals surface area contributed by atoms with E-state index in [1.165, 1.54) is 11.8 Å². The van der Waals surface area contributed by atoms with Crippen molar-refractivity contribution in [1.29, 1.82) is 5.26 Å². The fraction of sp³-hybridized carbons (Fsp3) is 0.375. The average Bonchev–Trinajstić information content (AvgIpc) is 2.48. The van der Waals surface area contributed by atoms with E-state index in [0.717, 1.165) is 12.0 Å². The summed E-state index contributed by atoms with van der Waals surface area (Å²) in [4.78, 5) is 11.9. The standard InChI is InChI=1S/C16H21N3O/c1-4-13-6-8-14(9-7-13)12(3)19-16(20)15(10-17)11-18-5-2/h6-9,11-12,18H,4-5H2,1-3H3,(H,19,20)/b15-11-. The summed E-state index contributed by atoms with van der Waals surface area (Å²) in [7, 11) is 0. The van der Waals surface area contributed by atoms with Gasteiger partial charge < -0.3 is 10.6 Å². The molecule has 1 atom stereocenters. The Morgan fingerprint density at radius 3 is 2.50 bits per heavy atom. The summed E-state index contributed by atoms with van der Waals surface area (Å²) in [6.45, 7) is 6.58. The van der Waals surface area contributed by atoms with Crippen LogP contribution in [0.25, 0.3) is 0 Å². The van der Waals surface area contributed by atoms with Crippen LogP contribution in [0.5, 0.6) is 0 Å². The Labute approximate surface area is 120 Å². The Hall–Kier alpha value is -2.28. The molecule has 0 saturated carbocycles. The van der Waals surface area contributed by atoms with Gasteiger partial charge in [0.15, 0.2) is 0 Å². The molecule has 20 heavy (non-hydrogen) atoms. The Kier molecular flexibility index (Phi) is 6.31. The SMILES string of the molecule is CCN/C=C(/C#N)C(=O)NC(C)c1ccc(CC)cc1. The molecule has 0 fully saturated rings. The number of nitrogens with zero attached hydrogens (tertiary/aromatic N) is 1. The highest BCUT2D eigenvalue weighted by atomic mass is 16.1. The van der Waals surface area contributed by atoms with E-state index < -0.39 is 0 Å². The second kappa shape index (κ2) is 8.00. The third-order valence-electron chi connectivity index (χ3n) is 3.05. The molecule has 1 amide bonds. The van der Waals surface area contributed by atoms with E-state index in [9.17, 15) is 4.79 Å². The molecule has 0 spiro atoms. The molecule has 1 aromatic carbocycles. The van der Waals surface area contributed by atoms with E-state index >= 15 is 0 Å². The molecule has 0 aromatic heterocycles. The van der Waals surface area contributed by atoms with Crippen molar-refractivity contribution in [2.75, 3.05) is 6.54 Å². The van der Waals surface area contributed by atoms with Gasteiger partial charge in [-0.05, 0) is 31.4 Å². The highest BCUT2D eigenvalue weighted by Gasteiger charge is 2.13. The lowest BCUT2D eigenvalue weighted by Crippen LogP contribution is -2.28. The number of nitrogens with one attached hydrogen (secondary N) is 2. The van der Waals surface area contributed by atoms with Gasteiger partial charge in [-0.25, -0.2) is 0 Å². The van der Waals surface area contributed by atoms with E-state index in [1.54, 1.807) is 0 Å². The maximum absolute atomic E-state index is 11.9. The fourth-order valence-corrected chi connectivity index (χ4v) is 1.75. The van der Waals surface area contributed by atoms with Crippen LogP contribution in [0, 0.1) is 11.3 Å². The topological polar surface area (TPSA) is 64.9 Å². The van der Waals surface area contributed by atoms with Gasteiger partial charge in [0.2, 0.25) is 0 Å². The van der Waals surface area contributed by atoms with Crippen molar-refractivity contribution < 1.29 is 4.79 Å². The molecule has 0 aliphatic carbocycles. The predicted molar refractivity (Wildman–Crippen MR) is 79.8 cm³/mol. The minimum absolute atomic E-state index is 0.0869. The Morgan fingerprint density at radius 1 is 1.35 bits per heavy atom. The highest BCUT2D eigenvalue weighted by Crippen LogP contribution is 2.14. The first-order chi connectivity index (χ1) is 9.62. The van der Waals surface area contributed by atoms with Crippen molar-refractivity contribution >= 4 is 5.91 Å². The van der Waals surface area contributed by atoms with E-state index in [0.29, 0.717) is 6.54 Å². The summed E-state index contributed by atoms with van der Waals surface area (Å²) in [6.07, 6.45) is 2.44. The first-order valence-corrected chi connectivity index (χ1v) is 6.85. The second-order valence-electron chi connectivity index (χ2n) is 4.52. The van der Waals surface area contributed by atoms with Crippen molar-refractivity contribution in [3.05, 3.63) is 47.2 Å². The number of hydrogen-bond donors (Lipinski definition) is 2. The third kappa shape index (κ3) is 4.43. The highest BCUT2D eigenvalue weighted by molar-refractivity contribution is 5.97. The van der Waals surface area contributed by atoms with Gasteiger partial charge >= 0.3 is 0 Å². The number of carbonyl (C=O) groups is 1. The van der Waals surface area contributed by atoms with Gasteiger partial charge in [0.25, 0.3) is 5.91 Å². The summed E-state index contributed by atoms with van der Waals surface area (Å²) in [6, 6.07) is 9.88. The molecule has 0 aliphatic rings. The zero-order valence-corrected chi connectivity index (χ0v) is 12.2.